The average molecular weight is 591 g/mol. The summed E-state index contributed by atoms with van der Waals surface area (Å²) in [6, 6.07) is 2.37. The van der Waals surface area contributed by atoms with Crippen LogP contribution in [0.3, 0.4) is 0 Å². The van der Waals surface area contributed by atoms with Crippen molar-refractivity contribution in [1.29, 1.82) is 0 Å². The zero-order valence-corrected chi connectivity index (χ0v) is 24.6. The van der Waals surface area contributed by atoms with Gasteiger partial charge in [-0.2, -0.15) is 0 Å². The highest BCUT2D eigenvalue weighted by Crippen LogP contribution is 2.14. The van der Waals surface area contributed by atoms with Crippen LogP contribution in [0.1, 0.15) is 58.9 Å². The van der Waals surface area contributed by atoms with Crippen molar-refractivity contribution < 1.29 is 28.4 Å². The Hall–Kier alpha value is -4.23. The number of nitrogens with zero attached hydrogens (tertiary/aromatic N) is 1. The Labute approximate surface area is 245 Å². The first-order valence-electron chi connectivity index (χ1n) is 14.1. The summed E-state index contributed by atoms with van der Waals surface area (Å²) in [5, 5.41) is 13.6. The number of nitrogens with two attached hydrogens (primary N) is 2. The highest BCUT2D eigenvalue weighted by Gasteiger charge is 2.38. The molecule has 2 rings (SSSR count). The Kier molecular flexibility index (Phi) is 12.7. The fraction of sp³-hybridized carbons (Fsp3) is 0.571. The van der Waals surface area contributed by atoms with Gasteiger partial charge in [0, 0.05) is 25.4 Å². The molecule has 0 aliphatic carbocycles. The Balaban J connectivity index is 2.42. The molecule has 0 spiro atoms. The molecule has 0 bridgehead atoms. The van der Waals surface area contributed by atoms with Crippen molar-refractivity contribution >= 4 is 35.5 Å². The molecular formula is C28H43FN8O5. The molecule has 1 aliphatic rings. The van der Waals surface area contributed by atoms with Crippen molar-refractivity contribution in [3.63, 3.8) is 0 Å². The summed E-state index contributed by atoms with van der Waals surface area (Å²) in [5.41, 5.74) is 9.88. The lowest BCUT2D eigenvalue weighted by molar-refractivity contribution is -0.138. The van der Waals surface area contributed by atoms with E-state index in [-0.39, 0.29) is 50.6 Å². The van der Waals surface area contributed by atoms with Gasteiger partial charge >= 0.3 is 0 Å². The lowest BCUT2D eigenvalue weighted by Gasteiger charge is -2.33. The first-order valence-corrected chi connectivity index (χ1v) is 14.1. The number of hydrogen-bond donors (Lipinski definition) is 7. The number of hydrogen-bond acceptors (Lipinski definition) is 6. The first kappa shape index (κ1) is 34.0. The third-order valence-electron chi connectivity index (χ3n) is 6.94. The molecule has 0 aromatic heterocycles. The van der Waals surface area contributed by atoms with Crippen LogP contribution in [-0.2, 0) is 30.4 Å². The SMILES string of the molecule is CC[C@@H]1NC(=O)[C@H](CCCN=C(N)N)NC(=O)[C@](C)(NC(=O)C(C)C)CCNC(=O)[C@@H](Cc2ccc(F)cc2)NC1=O. The van der Waals surface area contributed by atoms with Gasteiger partial charge in [-0.05, 0) is 50.3 Å². The molecule has 0 radical (unpaired) electrons. The van der Waals surface area contributed by atoms with Gasteiger partial charge in [0.15, 0.2) is 5.96 Å². The molecule has 0 unspecified atom stereocenters. The molecule has 0 saturated carbocycles. The maximum Gasteiger partial charge on any atom is 0.246 e. The Morgan fingerprint density at radius 3 is 2.24 bits per heavy atom. The Morgan fingerprint density at radius 2 is 1.64 bits per heavy atom. The first-order chi connectivity index (χ1) is 19.7. The van der Waals surface area contributed by atoms with Crippen LogP contribution >= 0.6 is 0 Å². The van der Waals surface area contributed by atoms with Gasteiger partial charge in [0.05, 0.1) is 0 Å². The molecule has 232 valence electrons. The number of benzene rings is 1. The lowest BCUT2D eigenvalue weighted by atomic mass is 9.94. The van der Waals surface area contributed by atoms with Crippen molar-refractivity contribution in [3.8, 4) is 0 Å². The van der Waals surface area contributed by atoms with E-state index in [1.54, 1.807) is 20.8 Å². The highest BCUT2D eigenvalue weighted by atomic mass is 19.1. The molecule has 1 fully saturated rings. The molecule has 14 heteroatoms. The number of nitrogens with one attached hydrogen (secondary N) is 5. The van der Waals surface area contributed by atoms with Crippen LogP contribution in [0.4, 0.5) is 4.39 Å². The van der Waals surface area contributed by atoms with Crippen LogP contribution in [0.25, 0.3) is 0 Å². The van der Waals surface area contributed by atoms with Crippen LogP contribution in [0.5, 0.6) is 0 Å². The second-order valence-electron chi connectivity index (χ2n) is 10.9. The van der Waals surface area contributed by atoms with E-state index in [0.717, 1.165) is 0 Å². The zero-order valence-electron chi connectivity index (χ0n) is 24.6. The van der Waals surface area contributed by atoms with E-state index in [4.69, 9.17) is 11.5 Å². The van der Waals surface area contributed by atoms with Crippen molar-refractivity contribution in [2.24, 2.45) is 22.4 Å². The van der Waals surface area contributed by atoms with Crippen molar-refractivity contribution in [3.05, 3.63) is 35.6 Å². The summed E-state index contributed by atoms with van der Waals surface area (Å²) in [6.07, 6.45) is 0.714. The van der Waals surface area contributed by atoms with Crippen molar-refractivity contribution in [1.82, 2.24) is 26.6 Å². The predicted molar refractivity (Wildman–Crippen MR) is 155 cm³/mol. The Bertz CT molecular complexity index is 1160. The standard InChI is InChI=1S/C28H43FN8O5/c1-5-19-24(40)35-21(15-17-8-10-18(29)11-9-17)23(39)32-14-12-28(4,37-22(38)16(2)3)26(42)36-20(25(41)34-19)7-6-13-33-27(30)31/h8-11,16,19-21H,5-7,12-15H2,1-4H3,(H,32,39)(H,34,41)(H,35,40)(H,36,42)(H,37,38)(H4,30,31,33)/t19-,20-,21+,28+/m0/s1. The van der Waals surface area contributed by atoms with Crippen LogP contribution < -0.4 is 38.1 Å². The van der Waals surface area contributed by atoms with Gasteiger partial charge in [0.25, 0.3) is 0 Å². The van der Waals surface area contributed by atoms with Gasteiger partial charge < -0.3 is 38.1 Å². The number of rotatable bonds is 9. The molecule has 9 N–H and O–H groups in total. The van der Waals surface area contributed by atoms with Crippen molar-refractivity contribution in [2.45, 2.75) is 83.5 Å². The molecule has 1 aromatic rings. The van der Waals surface area contributed by atoms with E-state index >= 15 is 0 Å². The van der Waals surface area contributed by atoms with E-state index in [9.17, 15) is 28.4 Å². The number of halogens is 1. The normalized spacial score (nSPS) is 24.0. The van der Waals surface area contributed by atoms with Gasteiger partial charge in [-0.3, -0.25) is 29.0 Å². The van der Waals surface area contributed by atoms with E-state index in [2.05, 4.69) is 31.6 Å². The van der Waals surface area contributed by atoms with Gasteiger partial charge in [-0.1, -0.05) is 32.9 Å². The molecular weight excluding hydrogens is 547 g/mol. The zero-order chi connectivity index (χ0) is 31.4. The average Bonchev–Trinajstić information content (AvgIpc) is 2.92. The molecule has 42 heavy (non-hydrogen) atoms. The summed E-state index contributed by atoms with van der Waals surface area (Å²) >= 11 is 0. The number of guanidine groups is 1. The second-order valence-corrected chi connectivity index (χ2v) is 10.9. The fourth-order valence-electron chi connectivity index (χ4n) is 4.26. The van der Waals surface area contributed by atoms with E-state index < -0.39 is 59.0 Å². The second kappa shape index (κ2) is 15.7. The highest BCUT2D eigenvalue weighted by molar-refractivity contribution is 5.97. The van der Waals surface area contributed by atoms with Crippen LogP contribution in [0.2, 0.25) is 0 Å². The maximum atomic E-state index is 13.6. The number of carbonyl (C=O) groups excluding carboxylic acids is 5. The van der Waals surface area contributed by atoms with Crippen LogP contribution in [0, 0.1) is 11.7 Å². The van der Waals surface area contributed by atoms with Crippen molar-refractivity contribution in [2.75, 3.05) is 13.1 Å². The van der Waals surface area contributed by atoms with Gasteiger partial charge in [-0.15, -0.1) is 0 Å². The molecule has 1 aromatic carbocycles. The minimum atomic E-state index is -1.49. The number of carbonyl (C=O) groups is 5. The fourth-order valence-corrected chi connectivity index (χ4v) is 4.26. The number of amides is 5. The summed E-state index contributed by atoms with van der Waals surface area (Å²) in [4.78, 5) is 70.0. The monoisotopic (exact) mass is 590 g/mol. The summed E-state index contributed by atoms with van der Waals surface area (Å²) in [5.74, 6) is -3.77. The summed E-state index contributed by atoms with van der Waals surface area (Å²) in [6.45, 7) is 6.73. The van der Waals surface area contributed by atoms with E-state index in [1.165, 1.54) is 31.2 Å². The topological polar surface area (TPSA) is 210 Å². The van der Waals surface area contributed by atoms with Gasteiger partial charge in [0.2, 0.25) is 29.5 Å². The third-order valence-corrected chi connectivity index (χ3v) is 6.94. The predicted octanol–water partition coefficient (Wildman–Crippen LogP) is -0.663. The molecule has 1 saturated heterocycles. The van der Waals surface area contributed by atoms with E-state index in [1.807, 2.05) is 0 Å². The third kappa shape index (κ3) is 10.3. The lowest BCUT2D eigenvalue weighted by Crippen LogP contribution is -2.63. The molecule has 4 atom stereocenters. The maximum absolute atomic E-state index is 13.6. The molecule has 1 aliphatic heterocycles. The van der Waals surface area contributed by atoms with Crippen LogP contribution in [-0.4, -0.2) is 72.2 Å². The largest absolute Gasteiger partial charge is 0.370 e. The summed E-state index contributed by atoms with van der Waals surface area (Å²) < 4.78 is 13.5. The summed E-state index contributed by atoms with van der Waals surface area (Å²) in [7, 11) is 0. The molecule has 5 amide bonds. The minimum absolute atomic E-state index is 0.0137. The molecule has 13 nitrogen and oxygen atoms in total. The van der Waals surface area contributed by atoms with E-state index in [0.29, 0.717) is 12.0 Å². The number of aliphatic imine (C=N–C) groups is 1. The smallest absolute Gasteiger partial charge is 0.246 e. The Morgan fingerprint density at radius 1 is 1.02 bits per heavy atom. The minimum Gasteiger partial charge on any atom is -0.370 e. The quantitative estimate of drug-likeness (QED) is 0.112. The van der Waals surface area contributed by atoms with Crippen LogP contribution in [0.15, 0.2) is 29.3 Å². The van der Waals surface area contributed by atoms with Gasteiger partial charge in [-0.25, -0.2) is 4.39 Å². The molecule has 1 heterocycles. The van der Waals surface area contributed by atoms with Gasteiger partial charge in [0.1, 0.15) is 29.5 Å².